The molecular formula is C27H30Cl2N4O2. The summed E-state index contributed by atoms with van der Waals surface area (Å²) in [7, 11) is 0. The number of anilines is 1. The number of amides is 1. The normalized spacial score (nSPS) is 11.1. The second-order valence-electron chi connectivity index (χ2n) is 7.85. The highest BCUT2D eigenvalue weighted by Gasteiger charge is 2.11. The average Bonchev–Trinajstić information content (AvgIpc) is 3.31. The highest BCUT2D eigenvalue weighted by atomic mass is 35.5. The van der Waals surface area contributed by atoms with Crippen molar-refractivity contribution in [2.24, 2.45) is 0 Å². The van der Waals surface area contributed by atoms with Crippen LogP contribution in [0.25, 0.3) is 5.69 Å². The topological polar surface area (TPSA) is 79.2 Å². The lowest BCUT2D eigenvalue weighted by atomic mass is 10.1. The summed E-state index contributed by atoms with van der Waals surface area (Å²) in [5.74, 6) is 0.585. The number of nitrogens with zero attached hydrogens (tertiary/aromatic N) is 2. The van der Waals surface area contributed by atoms with E-state index in [0.717, 1.165) is 35.5 Å². The van der Waals surface area contributed by atoms with E-state index in [0.29, 0.717) is 12.4 Å². The molecule has 3 N–H and O–H groups in total. The van der Waals surface area contributed by atoms with Crippen LogP contribution in [0, 0.1) is 0 Å². The number of aromatic nitrogens is 2. The highest BCUT2D eigenvalue weighted by molar-refractivity contribution is 5.91. The van der Waals surface area contributed by atoms with Crippen molar-refractivity contribution in [1.29, 1.82) is 0 Å². The molecule has 0 spiro atoms. The smallest absolute Gasteiger partial charge is 0.231 e. The Morgan fingerprint density at radius 1 is 0.914 bits per heavy atom. The Hall–Kier alpha value is -3.16. The third kappa shape index (κ3) is 8.23. The van der Waals surface area contributed by atoms with Gasteiger partial charge in [-0.05, 0) is 48.4 Å². The lowest BCUT2D eigenvalue weighted by Gasteiger charge is -2.12. The van der Waals surface area contributed by atoms with Crippen LogP contribution >= 0.6 is 24.8 Å². The molecule has 0 saturated heterocycles. The number of benzene rings is 3. The van der Waals surface area contributed by atoms with Gasteiger partial charge in [0.25, 0.3) is 0 Å². The lowest BCUT2D eigenvalue weighted by Crippen LogP contribution is -2.23. The number of para-hydroxylation sites is 1. The van der Waals surface area contributed by atoms with Gasteiger partial charge in [-0.1, -0.05) is 60.7 Å². The Kier molecular flexibility index (Phi) is 11.5. The van der Waals surface area contributed by atoms with E-state index < -0.39 is 6.10 Å². The summed E-state index contributed by atoms with van der Waals surface area (Å²) < 4.78 is 1.92. The third-order valence-corrected chi connectivity index (χ3v) is 5.42. The van der Waals surface area contributed by atoms with E-state index in [1.54, 1.807) is 6.20 Å². The quantitative estimate of drug-likeness (QED) is 0.267. The standard InChI is InChI=1S/C27H28N4O2.2ClH/c32-25(22-7-3-1-4-8-22)20-28-16-15-21-11-13-23(14-12-21)30-27(33)19-26-29-17-18-31(26)24-9-5-2-6-10-24;;/h1-14,17-18,25,28,32H,15-16,19-20H2,(H,30,33);2*1H/t25-;;/m0../s1. The van der Waals surface area contributed by atoms with E-state index in [-0.39, 0.29) is 37.1 Å². The first-order valence-electron chi connectivity index (χ1n) is 11.1. The molecule has 0 radical (unpaired) electrons. The molecule has 0 saturated carbocycles. The summed E-state index contributed by atoms with van der Waals surface area (Å²) in [6.45, 7) is 1.27. The molecule has 0 fully saturated rings. The molecule has 8 heteroatoms. The molecule has 0 aliphatic heterocycles. The summed E-state index contributed by atoms with van der Waals surface area (Å²) in [6, 6.07) is 27.3. The van der Waals surface area contributed by atoms with E-state index in [1.807, 2.05) is 95.7 Å². The number of halogens is 2. The zero-order valence-corrected chi connectivity index (χ0v) is 20.8. The van der Waals surface area contributed by atoms with Crippen molar-refractivity contribution in [3.05, 3.63) is 114 Å². The molecule has 3 aromatic carbocycles. The second kappa shape index (κ2) is 14.3. The maximum Gasteiger partial charge on any atom is 0.231 e. The number of carbonyl (C=O) groups is 1. The highest BCUT2D eigenvalue weighted by Crippen LogP contribution is 2.14. The van der Waals surface area contributed by atoms with Crippen LogP contribution < -0.4 is 10.6 Å². The molecule has 1 atom stereocenters. The van der Waals surface area contributed by atoms with Gasteiger partial charge in [0.1, 0.15) is 5.82 Å². The Morgan fingerprint density at radius 2 is 1.57 bits per heavy atom. The first-order valence-corrected chi connectivity index (χ1v) is 11.1. The van der Waals surface area contributed by atoms with Gasteiger partial charge in [-0.3, -0.25) is 4.79 Å². The van der Waals surface area contributed by atoms with E-state index in [9.17, 15) is 9.90 Å². The molecule has 184 valence electrons. The van der Waals surface area contributed by atoms with Crippen molar-refractivity contribution < 1.29 is 9.90 Å². The zero-order chi connectivity index (χ0) is 22.9. The predicted molar refractivity (Wildman–Crippen MR) is 145 cm³/mol. The number of aliphatic hydroxyl groups excluding tert-OH is 1. The fourth-order valence-electron chi connectivity index (χ4n) is 3.66. The number of hydrogen-bond acceptors (Lipinski definition) is 4. The van der Waals surface area contributed by atoms with Gasteiger partial charge >= 0.3 is 0 Å². The van der Waals surface area contributed by atoms with Crippen LogP contribution in [0.5, 0.6) is 0 Å². The SMILES string of the molecule is Cl.Cl.O=C(Cc1nccn1-c1ccccc1)Nc1ccc(CCNC[C@H](O)c2ccccc2)cc1. The number of nitrogens with one attached hydrogen (secondary N) is 2. The number of aliphatic hydroxyl groups is 1. The van der Waals surface area contributed by atoms with E-state index in [2.05, 4.69) is 15.6 Å². The van der Waals surface area contributed by atoms with Crippen LogP contribution in [0.15, 0.2) is 97.3 Å². The van der Waals surface area contributed by atoms with Crippen LogP contribution in [0.2, 0.25) is 0 Å². The largest absolute Gasteiger partial charge is 0.387 e. The van der Waals surface area contributed by atoms with E-state index in [1.165, 1.54) is 0 Å². The molecule has 1 heterocycles. The number of hydrogen-bond donors (Lipinski definition) is 3. The van der Waals surface area contributed by atoms with Crippen LogP contribution in [-0.4, -0.2) is 33.7 Å². The maximum absolute atomic E-state index is 12.5. The summed E-state index contributed by atoms with van der Waals surface area (Å²) in [4.78, 5) is 16.9. The molecule has 1 aromatic heterocycles. The summed E-state index contributed by atoms with van der Waals surface area (Å²) in [5, 5.41) is 16.4. The Labute approximate surface area is 218 Å². The molecule has 6 nitrogen and oxygen atoms in total. The average molecular weight is 513 g/mol. The van der Waals surface area contributed by atoms with Gasteiger partial charge in [-0.25, -0.2) is 4.98 Å². The Morgan fingerprint density at radius 3 is 2.26 bits per heavy atom. The van der Waals surface area contributed by atoms with Crippen LogP contribution in [-0.2, 0) is 17.6 Å². The van der Waals surface area contributed by atoms with Gasteiger partial charge < -0.3 is 20.3 Å². The van der Waals surface area contributed by atoms with Crippen molar-refractivity contribution >= 4 is 36.4 Å². The molecule has 0 aliphatic carbocycles. The van der Waals surface area contributed by atoms with Crippen molar-refractivity contribution in [2.75, 3.05) is 18.4 Å². The van der Waals surface area contributed by atoms with E-state index in [4.69, 9.17) is 0 Å². The van der Waals surface area contributed by atoms with Gasteiger partial charge in [-0.15, -0.1) is 24.8 Å². The minimum Gasteiger partial charge on any atom is -0.387 e. The Bertz CT molecular complexity index is 1150. The molecule has 35 heavy (non-hydrogen) atoms. The number of carbonyl (C=O) groups excluding carboxylic acids is 1. The summed E-state index contributed by atoms with van der Waals surface area (Å²) in [5.41, 5.74) is 3.81. The first-order chi connectivity index (χ1) is 16.2. The van der Waals surface area contributed by atoms with Crippen LogP contribution in [0.4, 0.5) is 5.69 Å². The lowest BCUT2D eigenvalue weighted by molar-refractivity contribution is -0.115. The number of imidazole rings is 1. The van der Waals surface area contributed by atoms with Crippen molar-refractivity contribution in [1.82, 2.24) is 14.9 Å². The van der Waals surface area contributed by atoms with Crippen molar-refractivity contribution in [2.45, 2.75) is 18.9 Å². The van der Waals surface area contributed by atoms with E-state index >= 15 is 0 Å². The summed E-state index contributed by atoms with van der Waals surface area (Å²) in [6.07, 6.45) is 4.08. The minimum atomic E-state index is -0.513. The van der Waals surface area contributed by atoms with Gasteiger partial charge in [-0.2, -0.15) is 0 Å². The van der Waals surface area contributed by atoms with Gasteiger partial charge in [0.2, 0.25) is 5.91 Å². The van der Waals surface area contributed by atoms with Crippen molar-refractivity contribution in [3.63, 3.8) is 0 Å². The fourth-order valence-corrected chi connectivity index (χ4v) is 3.66. The summed E-state index contributed by atoms with van der Waals surface area (Å²) >= 11 is 0. The monoisotopic (exact) mass is 512 g/mol. The number of rotatable bonds is 10. The first kappa shape index (κ1) is 28.1. The zero-order valence-electron chi connectivity index (χ0n) is 19.2. The van der Waals surface area contributed by atoms with Gasteiger partial charge in [0.15, 0.2) is 0 Å². The molecule has 0 aliphatic rings. The molecule has 0 unspecified atom stereocenters. The predicted octanol–water partition coefficient (Wildman–Crippen LogP) is 4.76. The second-order valence-corrected chi connectivity index (χ2v) is 7.85. The fraction of sp³-hybridized carbons (Fsp3) is 0.185. The maximum atomic E-state index is 12.5. The minimum absolute atomic E-state index is 0. The Balaban J connectivity index is 0.00000216. The third-order valence-electron chi connectivity index (χ3n) is 5.42. The molecule has 0 bridgehead atoms. The molecule has 4 rings (SSSR count). The van der Waals surface area contributed by atoms with Crippen molar-refractivity contribution in [3.8, 4) is 5.69 Å². The van der Waals surface area contributed by atoms with Crippen LogP contribution in [0.3, 0.4) is 0 Å². The van der Waals surface area contributed by atoms with Gasteiger partial charge in [0.05, 0.1) is 12.5 Å². The van der Waals surface area contributed by atoms with Gasteiger partial charge in [0, 0.05) is 30.3 Å². The van der Waals surface area contributed by atoms with Crippen LogP contribution in [0.1, 0.15) is 23.1 Å². The molecule has 4 aromatic rings. The molecular weight excluding hydrogens is 483 g/mol. The molecule has 1 amide bonds.